The van der Waals surface area contributed by atoms with E-state index in [9.17, 15) is 5.11 Å². The van der Waals surface area contributed by atoms with Crippen LogP contribution in [0.1, 0.15) is 44.8 Å². The molecular weight excluding hydrogens is 312 g/mol. The summed E-state index contributed by atoms with van der Waals surface area (Å²) in [5, 5.41) is 17.9. The third-order valence-corrected chi connectivity index (χ3v) is 4.21. The van der Waals surface area contributed by atoms with E-state index in [0.717, 1.165) is 34.8 Å². The van der Waals surface area contributed by atoms with E-state index in [1.807, 2.05) is 43.5 Å². The van der Waals surface area contributed by atoms with E-state index in [1.54, 1.807) is 6.20 Å². The minimum atomic E-state index is -0.985. The van der Waals surface area contributed by atoms with Crippen LogP contribution < -0.4 is 0 Å². The second-order valence-electron chi connectivity index (χ2n) is 8.06. The molecule has 0 bridgehead atoms. The molecule has 5 heteroatoms. The molecule has 1 unspecified atom stereocenters. The van der Waals surface area contributed by atoms with Crippen LogP contribution in [-0.4, -0.2) is 25.3 Å². The number of aromatic nitrogens is 4. The van der Waals surface area contributed by atoms with Gasteiger partial charge in [-0.05, 0) is 30.4 Å². The Hall–Kier alpha value is -2.40. The molecule has 3 aromatic rings. The first-order valence-electron chi connectivity index (χ1n) is 8.59. The Morgan fingerprint density at radius 2 is 1.72 bits per heavy atom. The Balaban J connectivity index is 1.73. The molecule has 3 rings (SSSR count). The summed E-state index contributed by atoms with van der Waals surface area (Å²) in [6, 6.07) is 9.78. The van der Waals surface area contributed by atoms with Gasteiger partial charge in [0, 0.05) is 24.4 Å². The molecule has 0 aliphatic rings. The summed E-state index contributed by atoms with van der Waals surface area (Å²) in [5.41, 5.74) is 3.01. The number of aromatic amines is 2. The second kappa shape index (κ2) is 6.48. The van der Waals surface area contributed by atoms with E-state index in [2.05, 4.69) is 40.9 Å². The molecule has 0 saturated carbocycles. The number of hydrogen-bond donors (Lipinski definition) is 3. The Morgan fingerprint density at radius 3 is 2.32 bits per heavy atom. The van der Waals surface area contributed by atoms with Gasteiger partial charge in [0.15, 0.2) is 0 Å². The smallest absolute Gasteiger partial charge is 0.109 e. The van der Waals surface area contributed by atoms with Crippen LogP contribution in [-0.2, 0) is 18.4 Å². The highest BCUT2D eigenvalue weighted by molar-refractivity contribution is 5.59. The van der Waals surface area contributed by atoms with Crippen molar-refractivity contribution in [2.45, 2.75) is 46.1 Å². The number of nitrogens with one attached hydrogen (secondary N) is 2. The van der Waals surface area contributed by atoms with E-state index in [0.29, 0.717) is 6.42 Å². The van der Waals surface area contributed by atoms with Gasteiger partial charge in [-0.1, -0.05) is 45.0 Å². The standard InChI is InChI=1S/C20H26N4O/c1-19(2,3)11-16-13-21-18(23-16)12-20(4,25)15-7-5-14(6-8-15)17-9-10-22-24-17/h5-10,13,25H,11-12H2,1-4H3,(H,21,23)(H,22,24). The first-order valence-corrected chi connectivity index (χ1v) is 8.59. The maximum Gasteiger partial charge on any atom is 0.109 e. The molecule has 2 heterocycles. The van der Waals surface area contributed by atoms with Crippen LogP contribution in [0.15, 0.2) is 42.7 Å². The summed E-state index contributed by atoms with van der Waals surface area (Å²) in [6.07, 6.45) is 5.09. The molecule has 2 aromatic heterocycles. The Labute approximate surface area is 148 Å². The zero-order valence-electron chi connectivity index (χ0n) is 15.3. The fourth-order valence-corrected chi connectivity index (χ4v) is 2.98. The van der Waals surface area contributed by atoms with Crippen LogP contribution in [0.5, 0.6) is 0 Å². The van der Waals surface area contributed by atoms with Gasteiger partial charge in [-0.15, -0.1) is 0 Å². The van der Waals surface area contributed by atoms with Crippen LogP contribution in [0.2, 0.25) is 0 Å². The van der Waals surface area contributed by atoms with Crippen molar-refractivity contribution in [3.8, 4) is 11.3 Å². The van der Waals surface area contributed by atoms with Crippen molar-refractivity contribution in [3.05, 3.63) is 59.8 Å². The number of hydrogen-bond acceptors (Lipinski definition) is 3. The van der Waals surface area contributed by atoms with Crippen molar-refractivity contribution in [1.29, 1.82) is 0 Å². The number of H-pyrrole nitrogens is 2. The number of imidazole rings is 1. The first kappa shape index (κ1) is 17.4. The van der Waals surface area contributed by atoms with Crippen LogP contribution in [0.3, 0.4) is 0 Å². The summed E-state index contributed by atoms with van der Waals surface area (Å²) in [5.74, 6) is 0.806. The minimum absolute atomic E-state index is 0.192. The molecule has 3 N–H and O–H groups in total. The molecule has 5 nitrogen and oxygen atoms in total. The predicted molar refractivity (Wildman–Crippen MR) is 99.0 cm³/mol. The zero-order chi connectivity index (χ0) is 18.1. The van der Waals surface area contributed by atoms with Gasteiger partial charge in [0.2, 0.25) is 0 Å². The summed E-state index contributed by atoms with van der Waals surface area (Å²) < 4.78 is 0. The van der Waals surface area contributed by atoms with Crippen molar-refractivity contribution in [1.82, 2.24) is 20.2 Å². The minimum Gasteiger partial charge on any atom is -0.385 e. The van der Waals surface area contributed by atoms with Crippen molar-refractivity contribution in [2.75, 3.05) is 0 Å². The summed E-state index contributed by atoms with van der Waals surface area (Å²) in [6.45, 7) is 8.40. The lowest BCUT2D eigenvalue weighted by Crippen LogP contribution is -2.25. The highest BCUT2D eigenvalue weighted by atomic mass is 16.3. The number of aliphatic hydroxyl groups is 1. The first-order chi connectivity index (χ1) is 11.7. The van der Waals surface area contributed by atoms with E-state index in [1.165, 1.54) is 0 Å². The van der Waals surface area contributed by atoms with Gasteiger partial charge in [-0.3, -0.25) is 5.10 Å². The quantitative estimate of drug-likeness (QED) is 0.661. The molecule has 0 aliphatic heterocycles. The summed E-state index contributed by atoms with van der Waals surface area (Å²) in [7, 11) is 0. The number of rotatable bonds is 5. The van der Waals surface area contributed by atoms with Crippen molar-refractivity contribution < 1.29 is 5.11 Å². The molecule has 0 spiro atoms. The Morgan fingerprint density at radius 1 is 1.00 bits per heavy atom. The fraction of sp³-hybridized carbons (Fsp3) is 0.400. The maximum absolute atomic E-state index is 10.9. The van der Waals surface area contributed by atoms with Crippen LogP contribution in [0, 0.1) is 5.41 Å². The van der Waals surface area contributed by atoms with Crippen molar-refractivity contribution >= 4 is 0 Å². The third kappa shape index (κ3) is 4.37. The van der Waals surface area contributed by atoms with Gasteiger partial charge in [0.25, 0.3) is 0 Å². The van der Waals surface area contributed by atoms with Crippen LogP contribution in [0.4, 0.5) is 0 Å². The van der Waals surface area contributed by atoms with Crippen molar-refractivity contribution in [2.24, 2.45) is 5.41 Å². The van der Waals surface area contributed by atoms with Crippen molar-refractivity contribution in [3.63, 3.8) is 0 Å². The van der Waals surface area contributed by atoms with E-state index < -0.39 is 5.60 Å². The van der Waals surface area contributed by atoms with Gasteiger partial charge in [-0.25, -0.2) is 4.98 Å². The SMILES string of the molecule is CC(C)(C)Cc1c[nH]c(CC(C)(O)c2ccc(-c3cc[nH]n3)cc2)n1. The lowest BCUT2D eigenvalue weighted by molar-refractivity contribution is 0.0556. The summed E-state index contributed by atoms with van der Waals surface area (Å²) in [4.78, 5) is 7.84. The maximum atomic E-state index is 10.9. The van der Waals surface area contributed by atoms with E-state index in [4.69, 9.17) is 0 Å². The topological polar surface area (TPSA) is 77.6 Å². The monoisotopic (exact) mass is 338 g/mol. The largest absolute Gasteiger partial charge is 0.385 e. The van der Waals surface area contributed by atoms with Gasteiger partial charge in [0.1, 0.15) is 5.82 Å². The van der Waals surface area contributed by atoms with E-state index in [-0.39, 0.29) is 5.41 Å². The highest BCUT2D eigenvalue weighted by Crippen LogP contribution is 2.27. The van der Waals surface area contributed by atoms with Gasteiger partial charge < -0.3 is 10.1 Å². The normalized spacial score (nSPS) is 14.4. The molecular formula is C20H26N4O. The Kier molecular flexibility index (Phi) is 4.52. The lowest BCUT2D eigenvalue weighted by Gasteiger charge is -2.23. The fourth-order valence-electron chi connectivity index (χ4n) is 2.98. The Bertz CT molecular complexity index is 808. The average Bonchev–Trinajstić information content (AvgIpc) is 3.17. The van der Waals surface area contributed by atoms with E-state index >= 15 is 0 Å². The average molecular weight is 338 g/mol. The lowest BCUT2D eigenvalue weighted by atomic mass is 9.90. The third-order valence-electron chi connectivity index (χ3n) is 4.21. The molecule has 0 fully saturated rings. The van der Waals surface area contributed by atoms with Gasteiger partial charge >= 0.3 is 0 Å². The molecule has 0 aliphatic carbocycles. The molecule has 1 atom stereocenters. The zero-order valence-corrected chi connectivity index (χ0v) is 15.3. The number of nitrogens with zero attached hydrogens (tertiary/aromatic N) is 2. The van der Waals surface area contributed by atoms with Crippen LogP contribution >= 0.6 is 0 Å². The van der Waals surface area contributed by atoms with Gasteiger partial charge in [0.05, 0.1) is 17.0 Å². The number of benzene rings is 1. The molecule has 0 radical (unpaired) electrons. The van der Waals surface area contributed by atoms with Crippen LogP contribution in [0.25, 0.3) is 11.3 Å². The van der Waals surface area contributed by atoms with Gasteiger partial charge in [-0.2, -0.15) is 5.10 Å². The second-order valence-corrected chi connectivity index (χ2v) is 8.06. The highest BCUT2D eigenvalue weighted by Gasteiger charge is 2.25. The molecule has 0 amide bonds. The molecule has 0 saturated heterocycles. The molecule has 1 aromatic carbocycles. The predicted octanol–water partition coefficient (Wildman–Crippen LogP) is 3.84. The molecule has 132 valence electrons. The summed E-state index contributed by atoms with van der Waals surface area (Å²) >= 11 is 0. The molecule has 25 heavy (non-hydrogen) atoms.